The van der Waals surface area contributed by atoms with Gasteiger partial charge >= 0.3 is 0 Å². The van der Waals surface area contributed by atoms with E-state index >= 15 is 0 Å². The Morgan fingerprint density at radius 1 is 1.00 bits per heavy atom. The van der Waals surface area contributed by atoms with Crippen LogP contribution in [0.4, 0.5) is 5.95 Å². The molecule has 0 aliphatic carbocycles. The molecular formula is C15H20N4. The maximum Gasteiger partial charge on any atom is 0.243 e. The van der Waals surface area contributed by atoms with Gasteiger partial charge in [0.25, 0.3) is 0 Å². The van der Waals surface area contributed by atoms with Crippen molar-refractivity contribution in [3.05, 3.63) is 46.8 Å². The van der Waals surface area contributed by atoms with E-state index in [0.717, 1.165) is 11.4 Å². The minimum absolute atomic E-state index is 0.564. The Kier molecular flexibility index (Phi) is 4.10. The first-order valence-corrected chi connectivity index (χ1v) is 6.57. The van der Waals surface area contributed by atoms with E-state index in [-0.39, 0.29) is 0 Å². The van der Waals surface area contributed by atoms with Crippen LogP contribution in [0.15, 0.2) is 24.3 Å². The molecule has 2 rings (SSSR count). The Balaban J connectivity index is 2.00. The van der Waals surface area contributed by atoms with Gasteiger partial charge in [0.1, 0.15) is 0 Å². The lowest BCUT2D eigenvalue weighted by Gasteiger charge is -2.08. The van der Waals surface area contributed by atoms with Crippen molar-refractivity contribution in [3.8, 4) is 0 Å². The van der Waals surface area contributed by atoms with Gasteiger partial charge in [0.15, 0.2) is 0 Å². The van der Waals surface area contributed by atoms with Gasteiger partial charge < -0.3 is 5.32 Å². The fourth-order valence-corrected chi connectivity index (χ4v) is 1.73. The zero-order valence-electron chi connectivity index (χ0n) is 11.9. The summed E-state index contributed by atoms with van der Waals surface area (Å²) in [6, 6.07) is 8.61. The zero-order chi connectivity index (χ0) is 13.8. The molecule has 0 aliphatic rings. The second-order valence-electron chi connectivity index (χ2n) is 5.06. The highest BCUT2D eigenvalue weighted by Crippen LogP contribution is 2.15. The van der Waals surface area contributed by atoms with Crippen LogP contribution in [0.5, 0.6) is 0 Å². The van der Waals surface area contributed by atoms with E-state index in [1.807, 2.05) is 13.8 Å². The molecule has 0 unspecified atom stereocenters. The fourth-order valence-electron chi connectivity index (χ4n) is 1.73. The van der Waals surface area contributed by atoms with Crippen LogP contribution in [0.1, 0.15) is 42.3 Å². The maximum absolute atomic E-state index is 4.35. The van der Waals surface area contributed by atoms with E-state index in [4.69, 9.17) is 0 Å². The highest BCUT2D eigenvalue weighted by atomic mass is 15.2. The van der Waals surface area contributed by atoms with Crippen LogP contribution < -0.4 is 5.32 Å². The molecule has 100 valence electrons. The van der Waals surface area contributed by atoms with Crippen molar-refractivity contribution >= 4 is 5.95 Å². The molecule has 0 amide bonds. The van der Waals surface area contributed by atoms with Crippen molar-refractivity contribution in [3.63, 3.8) is 0 Å². The van der Waals surface area contributed by atoms with Crippen molar-refractivity contribution in [2.75, 3.05) is 5.32 Å². The summed E-state index contributed by atoms with van der Waals surface area (Å²) >= 11 is 0. The molecule has 4 heteroatoms. The summed E-state index contributed by atoms with van der Waals surface area (Å²) in [5.41, 5.74) is 4.35. The molecule has 0 saturated heterocycles. The molecule has 4 nitrogen and oxygen atoms in total. The number of anilines is 1. The van der Waals surface area contributed by atoms with Crippen molar-refractivity contribution in [2.24, 2.45) is 0 Å². The van der Waals surface area contributed by atoms with Gasteiger partial charge in [-0.1, -0.05) is 38.1 Å². The number of benzene rings is 1. The largest absolute Gasteiger partial charge is 0.349 e. The molecule has 1 aromatic heterocycles. The molecule has 0 bridgehead atoms. The van der Waals surface area contributed by atoms with Crippen molar-refractivity contribution in [1.82, 2.24) is 15.2 Å². The average Bonchev–Trinajstić information content (AvgIpc) is 2.40. The van der Waals surface area contributed by atoms with E-state index in [9.17, 15) is 0 Å². The monoisotopic (exact) mass is 256 g/mol. The van der Waals surface area contributed by atoms with E-state index in [0.29, 0.717) is 18.4 Å². The second kappa shape index (κ2) is 5.78. The highest BCUT2D eigenvalue weighted by Gasteiger charge is 2.02. The number of nitrogens with one attached hydrogen (secondary N) is 1. The Morgan fingerprint density at radius 2 is 1.68 bits per heavy atom. The predicted octanol–water partition coefficient (Wildman–Crippen LogP) is 3.22. The van der Waals surface area contributed by atoms with Gasteiger partial charge in [-0.25, -0.2) is 4.98 Å². The van der Waals surface area contributed by atoms with Crippen molar-refractivity contribution < 1.29 is 0 Å². The third-order valence-corrected chi connectivity index (χ3v) is 3.19. The third kappa shape index (κ3) is 3.50. The molecule has 0 aliphatic heterocycles. The quantitative estimate of drug-likeness (QED) is 0.912. The molecule has 0 saturated carbocycles. The van der Waals surface area contributed by atoms with Gasteiger partial charge in [-0.15, -0.1) is 5.10 Å². The molecule has 0 spiro atoms. The van der Waals surface area contributed by atoms with Gasteiger partial charge in [-0.3, -0.25) is 0 Å². The molecule has 1 heterocycles. The molecule has 19 heavy (non-hydrogen) atoms. The van der Waals surface area contributed by atoms with Gasteiger partial charge in [0.2, 0.25) is 5.95 Å². The summed E-state index contributed by atoms with van der Waals surface area (Å²) in [6.45, 7) is 8.95. The smallest absolute Gasteiger partial charge is 0.243 e. The van der Waals surface area contributed by atoms with E-state index in [1.54, 1.807) is 0 Å². The summed E-state index contributed by atoms with van der Waals surface area (Å²) < 4.78 is 0. The number of hydrogen-bond donors (Lipinski definition) is 1. The molecule has 0 atom stereocenters. The lowest BCUT2D eigenvalue weighted by atomic mass is 10.0. The Labute approximate surface area is 114 Å². The summed E-state index contributed by atoms with van der Waals surface area (Å²) in [5.74, 6) is 1.14. The lowest BCUT2D eigenvalue weighted by molar-refractivity contribution is 0.863. The first-order chi connectivity index (χ1) is 9.06. The summed E-state index contributed by atoms with van der Waals surface area (Å²) in [5, 5.41) is 11.3. The van der Waals surface area contributed by atoms with Crippen LogP contribution in [-0.4, -0.2) is 15.2 Å². The number of aromatic nitrogens is 3. The molecular weight excluding hydrogens is 236 g/mol. The van der Waals surface area contributed by atoms with Gasteiger partial charge in [0.05, 0.1) is 11.4 Å². The zero-order valence-corrected chi connectivity index (χ0v) is 11.9. The average molecular weight is 256 g/mol. The Hall–Kier alpha value is -1.97. The predicted molar refractivity (Wildman–Crippen MR) is 77.2 cm³/mol. The van der Waals surface area contributed by atoms with Crippen molar-refractivity contribution in [2.45, 2.75) is 40.2 Å². The molecule has 1 N–H and O–H groups in total. The van der Waals surface area contributed by atoms with E-state index in [2.05, 4.69) is 58.6 Å². The van der Waals surface area contributed by atoms with Crippen molar-refractivity contribution in [1.29, 1.82) is 0 Å². The minimum Gasteiger partial charge on any atom is -0.349 e. The Bertz CT molecular complexity index is 547. The van der Waals surface area contributed by atoms with Crippen LogP contribution in [0.2, 0.25) is 0 Å². The van der Waals surface area contributed by atoms with Crippen LogP contribution in [0, 0.1) is 13.8 Å². The van der Waals surface area contributed by atoms with Crippen LogP contribution in [-0.2, 0) is 6.54 Å². The summed E-state index contributed by atoms with van der Waals surface area (Å²) in [7, 11) is 0. The number of aryl methyl sites for hydroxylation is 2. The van der Waals surface area contributed by atoms with Gasteiger partial charge in [-0.05, 0) is 30.9 Å². The number of hydrogen-bond acceptors (Lipinski definition) is 4. The van der Waals surface area contributed by atoms with E-state index < -0.39 is 0 Å². The summed E-state index contributed by atoms with van der Waals surface area (Å²) in [6.07, 6.45) is 0. The second-order valence-corrected chi connectivity index (χ2v) is 5.06. The van der Waals surface area contributed by atoms with Crippen LogP contribution in [0.3, 0.4) is 0 Å². The topological polar surface area (TPSA) is 50.7 Å². The minimum atomic E-state index is 0.564. The fraction of sp³-hybridized carbons (Fsp3) is 0.400. The first kappa shape index (κ1) is 13.5. The normalized spacial score (nSPS) is 10.8. The first-order valence-electron chi connectivity index (χ1n) is 6.57. The summed E-state index contributed by atoms with van der Waals surface area (Å²) in [4.78, 5) is 4.35. The highest BCUT2D eigenvalue weighted by molar-refractivity contribution is 5.30. The van der Waals surface area contributed by atoms with Crippen LogP contribution >= 0.6 is 0 Å². The molecule has 2 aromatic rings. The number of rotatable bonds is 4. The standard InChI is InChI=1S/C15H20N4/c1-10(2)14-7-5-13(6-8-14)9-16-15-17-11(3)12(4)18-19-15/h5-8,10H,9H2,1-4H3,(H,16,17,19). The number of nitrogens with zero attached hydrogens (tertiary/aromatic N) is 3. The molecule has 0 radical (unpaired) electrons. The molecule has 0 fully saturated rings. The molecule has 1 aromatic carbocycles. The third-order valence-electron chi connectivity index (χ3n) is 3.19. The Morgan fingerprint density at radius 3 is 2.26 bits per heavy atom. The van der Waals surface area contributed by atoms with Gasteiger partial charge in [0, 0.05) is 6.54 Å². The van der Waals surface area contributed by atoms with Crippen LogP contribution in [0.25, 0.3) is 0 Å². The van der Waals surface area contributed by atoms with Gasteiger partial charge in [-0.2, -0.15) is 5.10 Å². The van der Waals surface area contributed by atoms with E-state index in [1.165, 1.54) is 11.1 Å². The SMILES string of the molecule is Cc1nnc(NCc2ccc(C(C)C)cc2)nc1C. The lowest BCUT2D eigenvalue weighted by Crippen LogP contribution is -2.07. The maximum atomic E-state index is 4.35.